The summed E-state index contributed by atoms with van der Waals surface area (Å²) >= 11 is 0. The number of hydrogen-bond donors (Lipinski definition) is 1. The van der Waals surface area contributed by atoms with Crippen molar-refractivity contribution >= 4 is 5.91 Å². The molecule has 116 valence electrons. The monoisotopic (exact) mass is 292 g/mol. The van der Waals surface area contributed by atoms with Crippen molar-refractivity contribution in [3.05, 3.63) is 35.1 Å². The molecule has 0 unspecified atom stereocenters. The van der Waals surface area contributed by atoms with Gasteiger partial charge in [0.1, 0.15) is 5.82 Å². The fourth-order valence-electron chi connectivity index (χ4n) is 2.82. The van der Waals surface area contributed by atoms with Crippen LogP contribution in [0, 0.1) is 18.7 Å². The van der Waals surface area contributed by atoms with Crippen molar-refractivity contribution in [2.75, 3.05) is 19.6 Å². The molecule has 0 aromatic heterocycles. The van der Waals surface area contributed by atoms with E-state index in [0.29, 0.717) is 5.56 Å². The molecule has 0 bridgehead atoms. The average molecular weight is 292 g/mol. The van der Waals surface area contributed by atoms with E-state index in [-0.39, 0.29) is 17.6 Å². The first-order valence-corrected chi connectivity index (χ1v) is 7.61. The molecule has 0 saturated carbocycles. The van der Waals surface area contributed by atoms with E-state index in [1.54, 1.807) is 13.0 Å². The molecule has 3 nitrogen and oxygen atoms in total. The molecule has 1 amide bonds. The highest BCUT2D eigenvalue weighted by Crippen LogP contribution is 2.25. The number of halogens is 1. The van der Waals surface area contributed by atoms with Crippen LogP contribution in [0.15, 0.2) is 18.2 Å². The normalized spacial score (nSPS) is 17.2. The summed E-state index contributed by atoms with van der Waals surface area (Å²) in [7, 11) is 0. The van der Waals surface area contributed by atoms with Crippen LogP contribution >= 0.6 is 0 Å². The van der Waals surface area contributed by atoms with Gasteiger partial charge in [-0.25, -0.2) is 4.39 Å². The van der Waals surface area contributed by atoms with Crippen molar-refractivity contribution in [3.8, 4) is 0 Å². The molecule has 4 heteroatoms. The Labute approximate surface area is 126 Å². The minimum atomic E-state index is -0.577. The number of carbonyl (C=O) groups is 1. The summed E-state index contributed by atoms with van der Waals surface area (Å²) in [4.78, 5) is 14.7. The first-order chi connectivity index (χ1) is 9.81. The molecule has 1 aliphatic heterocycles. The van der Waals surface area contributed by atoms with Gasteiger partial charge in [-0.05, 0) is 57.5 Å². The molecule has 1 saturated heterocycles. The molecule has 0 radical (unpaired) electrons. The third-order valence-corrected chi connectivity index (χ3v) is 4.31. The third-order valence-electron chi connectivity index (χ3n) is 4.31. The molecule has 1 aliphatic rings. The average Bonchev–Trinajstić information content (AvgIpc) is 2.36. The minimum absolute atomic E-state index is 0.0237. The summed E-state index contributed by atoms with van der Waals surface area (Å²) in [6.07, 6.45) is 1.22. The summed E-state index contributed by atoms with van der Waals surface area (Å²) in [5, 5.41) is 3.06. The van der Waals surface area contributed by atoms with Gasteiger partial charge in [0.2, 0.25) is 5.91 Å². The Morgan fingerprint density at radius 2 is 2.10 bits per heavy atom. The first kappa shape index (κ1) is 16.0. The molecule has 21 heavy (non-hydrogen) atoms. The standard InChI is InChI=1S/C17H25FN2O/c1-12(11-20-9-6-10-20)16(21)19-17(3,4)14-7-5-8-15(18)13(14)2/h5,7-8,12H,6,9-11H2,1-4H3,(H,19,21)/t12-/m0/s1. The highest BCUT2D eigenvalue weighted by Gasteiger charge is 2.29. The van der Waals surface area contributed by atoms with Crippen LogP contribution in [-0.4, -0.2) is 30.4 Å². The van der Waals surface area contributed by atoms with Crippen molar-refractivity contribution in [1.82, 2.24) is 10.2 Å². The summed E-state index contributed by atoms with van der Waals surface area (Å²) in [6, 6.07) is 5.01. The lowest BCUT2D eigenvalue weighted by molar-refractivity contribution is -0.127. The van der Waals surface area contributed by atoms with Crippen LogP contribution in [0.1, 0.15) is 38.3 Å². The molecule has 2 rings (SSSR count). The Morgan fingerprint density at radius 1 is 1.43 bits per heavy atom. The topological polar surface area (TPSA) is 32.3 Å². The van der Waals surface area contributed by atoms with Gasteiger partial charge in [-0.2, -0.15) is 0 Å². The zero-order chi connectivity index (χ0) is 15.6. The quantitative estimate of drug-likeness (QED) is 0.905. The Kier molecular flexibility index (Phi) is 4.67. The predicted molar refractivity (Wildman–Crippen MR) is 82.5 cm³/mol. The lowest BCUT2D eigenvalue weighted by Gasteiger charge is -2.34. The van der Waals surface area contributed by atoms with E-state index in [9.17, 15) is 9.18 Å². The van der Waals surface area contributed by atoms with E-state index < -0.39 is 5.54 Å². The van der Waals surface area contributed by atoms with E-state index in [1.807, 2.05) is 26.8 Å². The number of amides is 1. The maximum absolute atomic E-state index is 13.7. The number of carbonyl (C=O) groups excluding carboxylic acids is 1. The van der Waals surface area contributed by atoms with E-state index in [4.69, 9.17) is 0 Å². The van der Waals surface area contributed by atoms with Gasteiger partial charge >= 0.3 is 0 Å². The summed E-state index contributed by atoms with van der Waals surface area (Å²) < 4.78 is 13.7. The largest absolute Gasteiger partial charge is 0.347 e. The first-order valence-electron chi connectivity index (χ1n) is 7.61. The molecule has 0 aliphatic carbocycles. The minimum Gasteiger partial charge on any atom is -0.347 e. The number of rotatable bonds is 5. The van der Waals surface area contributed by atoms with Gasteiger partial charge in [0, 0.05) is 12.5 Å². The Bertz CT molecular complexity index is 524. The zero-order valence-electron chi connectivity index (χ0n) is 13.4. The summed E-state index contributed by atoms with van der Waals surface area (Å²) in [5.74, 6) is -0.266. The maximum Gasteiger partial charge on any atom is 0.224 e. The Balaban J connectivity index is 2.05. The van der Waals surface area contributed by atoms with Gasteiger partial charge in [-0.3, -0.25) is 4.79 Å². The van der Waals surface area contributed by atoms with Gasteiger partial charge in [0.05, 0.1) is 5.54 Å². The second kappa shape index (κ2) is 6.14. The molecule has 1 aromatic carbocycles. The third kappa shape index (κ3) is 3.62. The second-order valence-electron chi connectivity index (χ2n) is 6.58. The smallest absolute Gasteiger partial charge is 0.224 e. The van der Waals surface area contributed by atoms with Crippen LogP contribution in [0.5, 0.6) is 0 Å². The highest BCUT2D eigenvalue weighted by atomic mass is 19.1. The Hall–Kier alpha value is -1.42. The number of likely N-dealkylation sites (tertiary alicyclic amines) is 1. The van der Waals surface area contributed by atoms with Crippen LogP contribution in [-0.2, 0) is 10.3 Å². The van der Waals surface area contributed by atoms with E-state index >= 15 is 0 Å². The highest BCUT2D eigenvalue weighted by molar-refractivity contribution is 5.79. The fourth-order valence-corrected chi connectivity index (χ4v) is 2.82. The number of benzene rings is 1. The van der Waals surface area contributed by atoms with E-state index in [1.165, 1.54) is 12.5 Å². The second-order valence-corrected chi connectivity index (χ2v) is 6.58. The zero-order valence-corrected chi connectivity index (χ0v) is 13.4. The lowest BCUT2D eigenvalue weighted by Crippen LogP contribution is -2.48. The van der Waals surface area contributed by atoms with Gasteiger partial charge in [0.15, 0.2) is 0 Å². The molecule has 1 heterocycles. The van der Waals surface area contributed by atoms with Crippen LogP contribution in [0.4, 0.5) is 4.39 Å². The molecular formula is C17H25FN2O. The molecular weight excluding hydrogens is 267 g/mol. The van der Waals surface area contributed by atoms with Gasteiger partial charge < -0.3 is 10.2 Å². The van der Waals surface area contributed by atoms with Gasteiger partial charge in [0.25, 0.3) is 0 Å². The fraction of sp³-hybridized carbons (Fsp3) is 0.588. The van der Waals surface area contributed by atoms with E-state index in [0.717, 1.165) is 25.2 Å². The van der Waals surface area contributed by atoms with Crippen molar-refractivity contribution < 1.29 is 9.18 Å². The van der Waals surface area contributed by atoms with Crippen LogP contribution < -0.4 is 5.32 Å². The molecule has 1 N–H and O–H groups in total. The number of nitrogens with one attached hydrogen (secondary N) is 1. The Morgan fingerprint density at radius 3 is 2.67 bits per heavy atom. The van der Waals surface area contributed by atoms with Crippen LogP contribution in [0.25, 0.3) is 0 Å². The lowest BCUT2D eigenvalue weighted by atomic mass is 9.89. The predicted octanol–water partition coefficient (Wildman–Crippen LogP) is 2.83. The SMILES string of the molecule is Cc1c(F)cccc1C(C)(C)NC(=O)[C@@H](C)CN1CCC1. The van der Waals surface area contributed by atoms with Gasteiger partial charge in [-0.15, -0.1) is 0 Å². The number of hydrogen-bond acceptors (Lipinski definition) is 2. The van der Waals surface area contributed by atoms with Crippen LogP contribution in [0.2, 0.25) is 0 Å². The molecule has 0 spiro atoms. The maximum atomic E-state index is 13.7. The molecule has 1 atom stereocenters. The molecule has 1 fully saturated rings. The molecule has 1 aromatic rings. The van der Waals surface area contributed by atoms with Gasteiger partial charge in [-0.1, -0.05) is 19.1 Å². The van der Waals surface area contributed by atoms with Crippen molar-refractivity contribution in [2.24, 2.45) is 5.92 Å². The van der Waals surface area contributed by atoms with Crippen molar-refractivity contribution in [2.45, 2.75) is 39.7 Å². The summed E-state index contributed by atoms with van der Waals surface area (Å²) in [5.41, 5.74) is 0.845. The number of nitrogens with zero attached hydrogens (tertiary/aromatic N) is 1. The summed E-state index contributed by atoms with van der Waals surface area (Å²) in [6.45, 7) is 10.5. The van der Waals surface area contributed by atoms with Crippen molar-refractivity contribution in [3.63, 3.8) is 0 Å². The van der Waals surface area contributed by atoms with Crippen molar-refractivity contribution in [1.29, 1.82) is 0 Å². The van der Waals surface area contributed by atoms with Crippen LogP contribution in [0.3, 0.4) is 0 Å². The van der Waals surface area contributed by atoms with E-state index in [2.05, 4.69) is 10.2 Å².